The standard InChI is InChI=1S/C38H52O11/c1-8-9-10-11-12-13-14-15-16-17-18-19-35-45-31-27-30-34(21-39,44-30)32-38(47-33(7,42)46-32)26(20-23(4)28(38)41)37(27,49-35)24(5)29(43-25(6)40)36(31,48-35)22(2)3/h16-20,24,26-27,29-32,39,42H,2,8-15,21H2,1,3-7H3/b17-16+,19-18+/t24?,26?,27-,29+,30-,31+,32+,33-,34-,35-,36-,37?,38?/m0/s1. The predicted molar refractivity (Wildman–Crippen MR) is 175 cm³/mol. The van der Waals surface area contributed by atoms with Crippen molar-refractivity contribution < 1.29 is 53.0 Å². The van der Waals surface area contributed by atoms with Gasteiger partial charge in [0.05, 0.1) is 12.2 Å². The van der Waals surface area contributed by atoms with Crippen molar-refractivity contribution in [3.63, 3.8) is 0 Å². The van der Waals surface area contributed by atoms with Crippen LogP contribution in [0.5, 0.6) is 0 Å². The maximum atomic E-state index is 14.4. The molecule has 3 bridgehead atoms. The van der Waals surface area contributed by atoms with Crippen molar-refractivity contribution in [2.45, 2.75) is 152 Å². The minimum absolute atomic E-state index is 0.394. The largest absolute Gasteiger partial charge is 0.459 e. The molecule has 2 N–H and O–H groups in total. The first kappa shape index (κ1) is 35.2. The van der Waals surface area contributed by atoms with Crippen molar-refractivity contribution in [3.05, 3.63) is 48.1 Å². The predicted octanol–water partition coefficient (Wildman–Crippen LogP) is 4.70. The van der Waals surface area contributed by atoms with Gasteiger partial charge in [-0.25, -0.2) is 0 Å². The number of ether oxygens (including phenoxy) is 7. The lowest BCUT2D eigenvalue weighted by molar-refractivity contribution is -0.409. The number of aliphatic hydroxyl groups is 2. The zero-order valence-corrected chi connectivity index (χ0v) is 29.6. The van der Waals surface area contributed by atoms with Gasteiger partial charge in [0.2, 0.25) is 0 Å². The third-order valence-electron chi connectivity index (χ3n) is 12.2. The van der Waals surface area contributed by atoms with Crippen LogP contribution in [0.4, 0.5) is 0 Å². The normalized spacial score (nSPS) is 48.7. The van der Waals surface area contributed by atoms with Crippen LogP contribution in [-0.2, 0) is 42.7 Å². The van der Waals surface area contributed by atoms with Gasteiger partial charge in [-0.05, 0) is 37.8 Å². The molecule has 0 aromatic heterocycles. The van der Waals surface area contributed by atoms with Crippen molar-refractivity contribution in [2.75, 3.05) is 6.61 Å². The van der Waals surface area contributed by atoms with E-state index in [1.807, 2.05) is 32.1 Å². The van der Waals surface area contributed by atoms with Crippen molar-refractivity contribution in [2.24, 2.45) is 17.8 Å². The maximum absolute atomic E-state index is 14.4. The molecule has 13 atom stereocenters. The van der Waals surface area contributed by atoms with Crippen LogP contribution in [0.15, 0.2) is 48.1 Å². The molecule has 7 aliphatic rings. The Balaban J connectivity index is 1.30. The molecular weight excluding hydrogens is 632 g/mol. The minimum Gasteiger partial charge on any atom is -0.459 e. The Kier molecular flexibility index (Phi) is 8.56. The topological polar surface area (TPSA) is 143 Å². The molecule has 2 saturated carbocycles. The number of unbranched alkanes of at least 4 members (excludes halogenated alkanes) is 7. The highest BCUT2D eigenvalue weighted by Crippen LogP contribution is 2.75. The van der Waals surface area contributed by atoms with E-state index in [0.29, 0.717) is 11.1 Å². The minimum atomic E-state index is -2.16. The zero-order valence-electron chi connectivity index (χ0n) is 29.6. The summed E-state index contributed by atoms with van der Waals surface area (Å²) in [7, 11) is 0. The fraction of sp³-hybridized carbons (Fsp3) is 0.737. The summed E-state index contributed by atoms with van der Waals surface area (Å²) >= 11 is 0. The summed E-state index contributed by atoms with van der Waals surface area (Å²) in [6, 6.07) is 0. The number of fused-ring (bicyclic) bond motifs is 3. The number of ketones is 1. The highest BCUT2D eigenvalue weighted by molar-refractivity contribution is 6.06. The summed E-state index contributed by atoms with van der Waals surface area (Å²) in [6.07, 6.45) is 15.3. The van der Waals surface area contributed by atoms with Crippen LogP contribution < -0.4 is 0 Å². The van der Waals surface area contributed by atoms with Gasteiger partial charge in [0, 0.05) is 37.7 Å². The summed E-state index contributed by atoms with van der Waals surface area (Å²) in [5, 5.41) is 22.2. The van der Waals surface area contributed by atoms with E-state index in [4.69, 9.17) is 33.2 Å². The average molecular weight is 685 g/mol. The Hall–Kier alpha value is -2.22. The smallest absolute Gasteiger partial charge is 0.307 e. The molecule has 6 fully saturated rings. The number of epoxide rings is 1. The van der Waals surface area contributed by atoms with E-state index in [1.54, 1.807) is 13.0 Å². The average Bonchev–Trinajstić information content (AvgIpc) is 3.54. The number of carbonyl (C=O) groups excluding carboxylic acids is 2. The van der Waals surface area contributed by atoms with E-state index in [2.05, 4.69) is 19.6 Å². The first-order chi connectivity index (χ1) is 23.2. The maximum Gasteiger partial charge on any atom is 0.307 e. The van der Waals surface area contributed by atoms with Crippen molar-refractivity contribution >= 4 is 11.8 Å². The molecule has 0 amide bonds. The molecule has 1 spiro atoms. The second-order valence-electron chi connectivity index (χ2n) is 15.4. The second kappa shape index (κ2) is 11.9. The molecular formula is C38H52O11. The van der Waals surface area contributed by atoms with E-state index >= 15 is 0 Å². The monoisotopic (exact) mass is 684 g/mol. The van der Waals surface area contributed by atoms with Gasteiger partial charge >= 0.3 is 11.9 Å². The summed E-state index contributed by atoms with van der Waals surface area (Å²) in [5.74, 6) is -7.02. The van der Waals surface area contributed by atoms with Crippen LogP contribution in [0.3, 0.4) is 0 Å². The Morgan fingerprint density at radius 1 is 1.02 bits per heavy atom. The number of rotatable bonds is 13. The molecule has 3 aliphatic carbocycles. The van der Waals surface area contributed by atoms with E-state index < -0.39 is 94.9 Å². The lowest BCUT2D eigenvalue weighted by Crippen LogP contribution is -2.76. The van der Waals surface area contributed by atoms with E-state index in [1.165, 1.54) is 52.4 Å². The third kappa shape index (κ3) is 4.76. The highest BCUT2D eigenvalue weighted by atomic mass is 16.9. The molecule has 49 heavy (non-hydrogen) atoms. The molecule has 0 aromatic carbocycles. The van der Waals surface area contributed by atoms with Crippen LogP contribution in [-0.4, -0.2) is 87.3 Å². The summed E-state index contributed by atoms with van der Waals surface area (Å²) < 4.78 is 45.9. The van der Waals surface area contributed by atoms with Crippen molar-refractivity contribution in [3.8, 4) is 0 Å². The van der Waals surface area contributed by atoms with Gasteiger partial charge in [-0.15, -0.1) is 0 Å². The fourth-order valence-electron chi connectivity index (χ4n) is 10.2. The van der Waals surface area contributed by atoms with Gasteiger partial charge in [0.1, 0.15) is 30.0 Å². The number of esters is 1. The molecule has 11 heteroatoms. The summed E-state index contributed by atoms with van der Waals surface area (Å²) in [4.78, 5) is 27.1. The van der Waals surface area contributed by atoms with Gasteiger partial charge in [0.15, 0.2) is 17.0 Å². The third-order valence-corrected chi connectivity index (χ3v) is 12.2. The molecule has 4 saturated heterocycles. The quantitative estimate of drug-likeness (QED) is 0.0917. The lowest BCUT2D eigenvalue weighted by Gasteiger charge is -2.61. The number of hydrogen-bond acceptors (Lipinski definition) is 11. The van der Waals surface area contributed by atoms with E-state index in [0.717, 1.165) is 12.8 Å². The molecule has 11 nitrogen and oxygen atoms in total. The van der Waals surface area contributed by atoms with Gasteiger partial charge in [-0.3, -0.25) is 9.59 Å². The molecule has 4 aliphatic heterocycles. The Bertz CT molecular complexity index is 1480. The zero-order chi connectivity index (χ0) is 35.2. The first-order valence-corrected chi connectivity index (χ1v) is 18.1. The van der Waals surface area contributed by atoms with Gasteiger partial charge in [0.25, 0.3) is 5.97 Å². The van der Waals surface area contributed by atoms with Crippen LogP contribution >= 0.6 is 0 Å². The first-order valence-electron chi connectivity index (χ1n) is 18.1. The highest BCUT2D eigenvalue weighted by Gasteiger charge is 2.92. The summed E-state index contributed by atoms with van der Waals surface area (Å²) in [5.41, 5.74) is -5.04. The number of aliphatic hydroxyl groups excluding tert-OH is 1. The van der Waals surface area contributed by atoms with Crippen LogP contribution in [0.2, 0.25) is 0 Å². The van der Waals surface area contributed by atoms with Crippen LogP contribution in [0.25, 0.3) is 0 Å². The number of Topliss-reactive ketones (excluding diaryl/α,β-unsaturated/α-hetero) is 1. The Morgan fingerprint density at radius 3 is 2.41 bits per heavy atom. The van der Waals surface area contributed by atoms with E-state index in [9.17, 15) is 19.8 Å². The Morgan fingerprint density at radius 2 is 1.73 bits per heavy atom. The second-order valence-corrected chi connectivity index (χ2v) is 15.4. The number of allylic oxidation sites excluding steroid dienone is 3. The lowest BCUT2D eigenvalue weighted by atomic mass is 9.53. The molecule has 270 valence electrons. The van der Waals surface area contributed by atoms with Gasteiger partial charge in [-0.2, -0.15) is 0 Å². The summed E-state index contributed by atoms with van der Waals surface area (Å²) in [6.45, 7) is 14.1. The molecule has 4 unspecified atom stereocenters. The fourth-order valence-corrected chi connectivity index (χ4v) is 10.2. The van der Waals surface area contributed by atoms with Crippen LogP contribution in [0.1, 0.15) is 92.9 Å². The van der Waals surface area contributed by atoms with Crippen LogP contribution in [0, 0.1) is 17.8 Å². The molecule has 0 radical (unpaired) electrons. The van der Waals surface area contributed by atoms with Crippen molar-refractivity contribution in [1.82, 2.24) is 0 Å². The van der Waals surface area contributed by atoms with Gasteiger partial charge in [-0.1, -0.05) is 83.3 Å². The SMILES string of the molecule is C=C(C)[C@@]12O[C@]3(/C=C/C=C/CCCCCCCCC)O[C@@H]1[C@@H]1[C@@H]4O[C@]4(CO)[C@H]4O[C@](C)(O)OC45C(=O)C(C)=CC5C1(O3)C(C)[C@H]2OC(C)=O. The van der Waals surface area contributed by atoms with E-state index in [-0.39, 0.29) is 0 Å². The van der Waals surface area contributed by atoms with Gasteiger partial charge < -0.3 is 43.4 Å². The molecule has 7 rings (SSSR count). The molecule has 4 heterocycles. The number of hydrogen-bond donors (Lipinski definition) is 2. The van der Waals surface area contributed by atoms with Crippen molar-refractivity contribution in [1.29, 1.82) is 0 Å². The number of carbonyl (C=O) groups is 2. The molecule has 0 aromatic rings. The Labute approximate surface area is 288 Å².